The van der Waals surface area contributed by atoms with Gasteiger partial charge < -0.3 is 0 Å². The van der Waals surface area contributed by atoms with Gasteiger partial charge in [-0.15, -0.1) is 13.2 Å². The zero-order valence-corrected chi connectivity index (χ0v) is 7.45. The fraction of sp³-hybridized carbons (Fsp3) is 0.818. The molecule has 68 valence electrons. The van der Waals surface area contributed by atoms with Gasteiger partial charge in [-0.1, -0.05) is 40.5 Å². The molecule has 0 aromatic heterocycles. The van der Waals surface area contributed by atoms with Gasteiger partial charge in [-0.2, -0.15) is 0 Å². The van der Waals surface area contributed by atoms with Gasteiger partial charge in [0.1, 0.15) is 0 Å². The van der Waals surface area contributed by atoms with E-state index in [0.29, 0.717) is 5.41 Å². The zero-order chi connectivity index (χ0) is 8.04. The van der Waals surface area contributed by atoms with Crippen LogP contribution in [0.15, 0.2) is 13.2 Å². The van der Waals surface area contributed by atoms with Gasteiger partial charge in [-0.25, -0.2) is 0 Å². The third kappa shape index (κ3) is 6.15. The summed E-state index contributed by atoms with van der Waals surface area (Å²) in [6.07, 6.45) is 7.31. The lowest BCUT2D eigenvalue weighted by molar-refractivity contribution is 0.244. The van der Waals surface area contributed by atoms with E-state index in [-0.39, 0.29) is 7.43 Å². The smallest absolute Gasteiger partial charge is 0.0354 e. The Hall–Kier alpha value is -0.260. The molecule has 1 saturated carbocycles. The molecule has 11 heavy (non-hydrogen) atoms. The van der Waals surface area contributed by atoms with Crippen molar-refractivity contribution >= 4 is 0 Å². The van der Waals surface area contributed by atoms with Gasteiger partial charge in [0.05, 0.1) is 0 Å². The fourth-order valence-corrected chi connectivity index (χ4v) is 1.51. The van der Waals surface area contributed by atoms with Crippen molar-refractivity contribution in [3.05, 3.63) is 13.2 Å². The minimum Gasteiger partial charge on any atom is -0.106 e. The highest BCUT2D eigenvalue weighted by molar-refractivity contribution is 4.72. The van der Waals surface area contributed by atoms with Crippen LogP contribution in [0.5, 0.6) is 0 Å². The van der Waals surface area contributed by atoms with Crippen LogP contribution in [-0.2, 0) is 0 Å². The van der Waals surface area contributed by atoms with Gasteiger partial charge in [0.2, 0.25) is 0 Å². The molecule has 0 aromatic carbocycles. The van der Waals surface area contributed by atoms with Gasteiger partial charge in [-0.3, -0.25) is 0 Å². The topological polar surface area (TPSA) is 0 Å². The average molecular weight is 156 g/mol. The number of hydrogen-bond donors (Lipinski definition) is 0. The third-order valence-corrected chi connectivity index (χ3v) is 2.21. The predicted octanol–water partition coefficient (Wildman–Crippen LogP) is 4.42. The summed E-state index contributed by atoms with van der Waals surface area (Å²) in [5.74, 6) is 0. The van der Waals surface area contributed by atoms with Crippen molar-refractivity contribution in [2.45, 2.75) is 53.4 Å². The first-order valence-electron chi connectivity index (χ1n) is 4.21. The van der Waals surface area contributed by atoms with Crippen molar-refractivity contribution in [2.24, 2.45) is 5.41 Å². The van der Waals surface area contributed by atoms with E-state index in [1.807, 2.05) is 0 Å². The maximum absolute atomic E-state index is 3.00. The molecule has 0 aromatic rings. The molecular formula is C11H24. The molecular weight excluding hydrogens is 132 g/mol. The van der Waals surface area contributed by atoms with E-state index in [9.17, 15) is 0 Å². The molecule has 0 nitrogen and oxygen atoms in total. The highest BCUT2D eigenvalue weighted by Crippen LogP contribution is 2.34. The Bertz CT molecular complexity index is 74.0. The summed E-state index contributed by atoms with van der Waals surface area (Å²) in [5.41, 5.74) is 0.679. The van der Waals surface area contributed by atoms with Crippen LogP contribution in [-0.4, -0.2) is 0 Å². The number of rotatable bonds is 0. The standard InChI is InChI=1S/C8H16.C2H4.CH4/c1-8(2)6-4-3-5-7-8;1-2;/h3-7H2,1-2H3;1-2H2;1H4. The Labute approximate surface area is 72.7 Å². The molecule has 0 N–H and O–H groups in total. The second kappa shape index (κ2) is 6.45. The monoisotopic (exact) mass is 156 g/mol. The third-order valence-electron chi connectivity index (χ3n) is 2.21. The summed E-state index contributed by atoms with van der Waals surface area (Å²) in [5, 5.41) is 0. The van der Waals surface area contributed by atoms with E-state index < -0.39 is 0 Å². The van der Waals surface area contributed by atoms with Crippen LogP contribution < -0.4 is 0 Å². The lowest BCUT2D eigenvalue weighted by Crippen LogP contribution is -2.14. The van der Waals surface area contributed by atoms with Gasteiger partial charge in [0, 0.05) is 0 Å². The molecule has 0 amide bonds. The van der Waals surface area contributed by atoms with E-state index in [4.69, 9.17) is 0 Å². The Kier molecular flexibility index (Phi) is 7.82. The molecule has 0 atom stereocenters. The molecule has 0 aliphatic heterocycles. The molecule has 0 spiro atoms. The average Bonchev–Trinajstić information content (AvgIpc) is 1.92. The maximum Gasteiger partial charge on any atom is -0.0354 e. The van der Waals surface area contributed by atoms with Crippen molar-refractivity contribution in [3.63, 3.8) is 0 Å². The lowest BCUT2D eigenvalue weighted by Gasteiger charge is -2.28. The van der Waals surface area contributed by atoms with Gasteiger partial charge in [0.15, 0.2) is 0 Å². The number of hydrogen-bond acceptors (Lipinski definition) is 0. The first-order chi connectivity index (χ1) is 4.71. The van der Waals surface area contributed by atoms with Gasteiger partial charge >= 0.3 is 0 Å². The highest BCUT2D eigenvalue weighted by atomic mass is 14.3. The Morgan fingerprint density at radius 2 is 1.27 bits per heavy atom. The summed E-state index contributed by atoms with van der Waals surface area (Å²) in [6, 6.07) is 0. The Balaban J connectivity index is 0. The van der Waals surface area contributed by atoms with Crippen molar-refractivity contribution in [2.75, 3.05) is 0 Å². The fourth-order valence-electron chi connectivity index (χ4n) is 1.51. The van der Waals surface area contributed by atoms with Gasteiger partial charge in [-0.05, 0) is 18.3 Å². The van der Waals surface area contributed by atoms with Crippen LogP contribution in [0.4, 0.5) is 0 Å². The summed E-state index contributed by atoms with van der Waals surface area (Å²) in [6.45, 7) is 10.8. The summed E-state index contributed by atoms with van der Waals surface area (Å²) in [4.78, 5) is 0. The predicted molar refractivity (Wildman–Crippen MR) is 54.9 cm³/mol. The van der Waals surface area contributed by atoms with Crippen molar-refractivity contribution in [1.82, 2.24) is 0 Å². The first kappa shape index (κ1) is 13.3. The van der Waals surface area contributed by atoms with Crippen LogP contribution >= 0.6 is 0 Å². The lowest BCUT2D eigenvalue weighted by atomic mass is 9.78. The first-order valence-corrected chi connectivity index (χ1v) is 4.21. The second-order valence-corrected chi connectivity index (χ2v) is 3.72. The second-order valence-electron chi connectivity index (χ2n) is 3.72. The van der Waals surface area contributed by atoms with E-state index >= 15 is 0 Å². The SMILES string of the molecule is C.C=C.CC1(C)CCCCC1. The van der Waals surface area contributed by atoms with E-state index in [1.165, 1.54) is 32.1 Å². The minimum absolute atomic E-state index is 0. The minimum atomic E-state index is 0. The maximum atomic E-state index is 3.00. The molecule has 0 radical (unpaired) electrons. The van der Waals surface area contributed by atoms with Crippen LogP contribution in [0, 0.1) is 5.41 Å². The highest BCUT2D eigenvalue weighted by Gasteiger charge is 2.19. The molecule has 0 heterocycles. The molecule has 1 aliphatic carbocycles. The van der Waals surface area contributed by atoms with Crippen LogP contribution in [0.2, 0.25) is 0 Å². The van der Waals surface area contributed by atoms with E-state index in [1.54, 1.807) is 0 Å². The molecule has 1 aliphatic rings. The molecule has 0 heteroatoms. The van der Waals surface area contributed by atoms with E-state index in [0.717, 1.165) is 0 Å². The normalized spacial score (nSPS) is 20.5. The summed E-state index contributed by atoms with van der Waals surface area (Å²) in [7, 11) is 0. The Morgan fingerprint density at radius 1 is 0.909 bits per heavy atom. The zero-order valence-electron chi connectivity index (χ0n) is 7.45. The molecule has 1 rings (SSSR count). The van der Waals surface area contributed by atoms with Crippen LogP contribution in [0.25, 0.3) is 0 Å². The molecule has 0 saturated heterocycles. The van der Waals surface area contributed by atoms with Crippen LogP contribution in [0.3, 0.4) is 0 Å². The van der Waals surface area contributed by atoms with Gasteiger partial charge in [0.25, 0.3) is 0 Å². The largest absolute Gasteiger partial charge is 0.106 e. The summed E-state index contributed by atoms with van der Waals surface area (Å²) >= 11 is 0. The molecule has 0 unspecified atom stereocenters. The van der Waals surface area contributed by atoms with Crippen molar-refractivity contribution in [3.8, 4) is 0 Å². The molecule has 0 bridgehead atoms. The quantitative estimate of drug-likeness (QED) is 0.456. The summed E-state index contributed by atoms with van der Waals surface area (Å²) < 4.78 is 0. The van der Waals surface area contributed by atoms with E-state index in [2.05, 4.69) is 27.0 Å². The molecule has 1 fully saturated rings. The van der Waals surface area contributed by atoms with Crippen LogP contribution in [0.1, 0.15) is 53.4 Å². The van der Waals surface area contributed by atoms with Crippen molar-refractivity contribution in [1.29, 1.82) is 0 Å². The van der Waals surface area contributed by atoms with Crippen molar-refractivity contribution < 1.29 is 0 Å². The Morgan fingerprint density at radius 3 is 1.45 bits per heavy atom.